The van der Waals surface area contributed by atoms with Crippen LogP contribution < -0.4 is 5.73 Å². The van der Waals surface area contributed by atoms with Gasteiger partial charge in [0.05, 0.1) is 6.10 Å². The summed E-state index contributed by atoms with van der Waals surface area (Å²) in [6.45, 7) is 4.14. The number of H-pyrrole nitrogens is 1. The summed E-state index contributed by atoms with van der Waals surface area (Å²) in [4.78, 5) is 15.2. The van der Waals surface area contributed by atoms with E-state index in [0.29, 0.717) is 11.4 Å². The topological polar surface area (TPSA) is 68.1 Å². The summed E-state index contributed by atoms with van der Waals surface area (Å²) in [5, 5.41) is 0.928. The molecule has 21 heavy (non-hydrogen) atoms. The lowest BCUT2D eigenvalue weighted by Crippen LogP contribution is -2.15. The molecule has 0 radical (unpaired) electrons. The van der Waals surface area contributed by atoms with Gasteiger partial charge < -0.3 is 15.5 Å². The molecule has 1 atom stereocenters. The standard InChI is InChI=1S/C17H24N2O2/c1-3-4-5-6-7-12(2)21-17(20)16-11-13-10-14(18)8-9-15(13)19-16/h8-12,19H,3-7,18H2,1-2H3. The largest absolute Gasteiger partial charge is 0.458 e. The Morgan fingerprint density at radius 2 is 2.10 bits per heavy atom. The quantitative estimate of drug-likeness (QED) is 0.454. The maximum atomic E-state index is 12.1. The number of nitrogen functional groups attached to an aromatic ring is 1. The number of hydrogen-bond donors (Lipinski definition) is 2. The Balaban J connectivity index is 1.92. The number of fused-ring (bicyclic) bond motifs is 1. The lowest BCUT2D eigenvalue weighted by Gasteiger charge is -2.12. The first-order valence-corrected chi connectivity index (χ1v) is 7.69. The van der Waals surface area contributed by atoms with Crippen LogP contribution in [0.1, 0.15) is 56.4 Å². The SMILES string of the molecule is CCCCCCC(C)OC(=O)c1cc2cc(N)ccc2[nH]1. The van der Waals surface area contributed by atoms with Crippen molar-refractivity contribution in [2.75, 3.05) is 5.73 Å². The van der Waals surface area contributed by atoms with Gasteiger partial charge >= 0.3 is 5.97 Å². The van der Waals surface area contributed by atoms with Gasteiger partial charge in [0.1, 0.15) is 5.69 Å². The van der Waals surface area contributed by atoms with Crippen LogP contribution in [-0.4, -0.2) is 17.1 Å². The van der Waals surface area contributed by atoms with E-state index in [1.165, 1.54) is 19.3 Å². The zero-order valence-electron chi connectivity index (χ0n) is 12.8. The third-order valence-corrected chi connectivity index (χ3v) is 3.64. The summed E-state index contributed by atoms with van der Waals surface area (Å²) in [7, 11) is 0. The van der Waals surface area contributed by atoms with E-state index in [9.17, 15) is 4.79 Å². The van der Waals surface area contributed by atoms with Crippen LogP contribution in [0.5, 0.6) is 0 Å². The molecule has 114 valence electrons. The molecule has 0 aliphatic rings. The van der Waals surface area contributed by atoms with Crippen LogP contribution in [0.25, 0.3) is 10.9 Å². The molecule has 0 saturated heterocycles. The molecule has 0 bridgehead atoms. The molecule has 2 aromatic rings. The second-order valence-corrected chi connectivity index (χ2v) is 5.59. The molecule has 0 fully saturated rings. The summed E-state index contributed by atoms with van der Waals surface area (Å²) in [5.74, 6) is -0.298. The van der Waals surface area contributed by atoms with Crippen molar-refractivity contribution < 1.29 is 9.53 Å². The number of ether oxygens (including phenoxy) is 1. The number of anilines is 1. The fourth-order valence-electron chi connectivity index (χ4n) is 2.42. The van der Waals surface area contributed by atoms with Crippen molar-refractivity contribution in [3.63, 3.8) is 0 Å². The summed E-state index contributed by atoms with van der Waals surface area (Å²) in [5.41, 5.74) is 7.80. The third kappa shape index (κ3) is 4.25. The fraction of sp³-hybridized carbons (Fsp3) is 0.471. The second-order valence-electron chi connectivity index (χ2n) is 5.59. The van der Waals surface area contributed by atoms with E-state index < -0.39 is 0 Å². The maximum Gasteiger partial charge on any atom is 0.355 e. The average molecular weight is 288 g/mol. The van der Waals surface area contributed by atoms with Crippen LogP contribution in [0.4, 0.5) is 5.69 Å². The number of aromatic nitrogens is 1. The van der Waals surface area contributed by atoms with E-state index in [0.717, 1.165) is 23.7 Å². The van der Waals surface area contributed by atoms with Gasteiger partial charge in [0.15, 0.2) is 0 Å². The van der Waals surface area contributed by atoms with Crippen molar-refractivity contribution in [2.45, 2.75) is 52.1 Å². The molecule has 0 aliphatic carbocycles. The third-order valence-electron chi connectivity index (χ3n) is 3.64. The van der Waals surface area contributed by atoms with E-state index >= 15 is 0 Å². The number of rotatable bonds is 7. The van der Waals surface area contributed by atoms with Crippen molar-refractivity contribution in [3.8, 4) is 0 Å². The van der Waals surface area contributed by atoms with Gasteiger partial charge in [-0.3, -0.25) is 0 Å². The van der Waals surface area contributed by atoms with Crippen LogP contribution in [0, 0.1) is 0 Å². The predicted molar refractivity (Wildman–Crippen MR) is 86.3 cm³/mol. The maximum absolute atomic E-state index is 12.1. The van der Waals surface area contributed by atoms with E-state index in [1.807, 2.05) is 25.1 Å². The predicted octanol–water partition coefficient (Wildman–Crippen LogP) is 4.27. The number of nitrogens with one attached hydrogen (secondary N) is 1. The first-order chi connectivity index (χ1) is 10.1. The Morgan fingerprint density at radius 1 is 1.29 bits per heavy atom. The highest BCUT2D eigenvalue weighted by Gasteiger charge is 2.14. The molecule has 1 aromatic carbocycles. The molecule has 4 heteroatoms. The Morgan fingerprint density at radius 3 is 2.86 bits per heavy atom. The smallest absolute Gasteiger partial charge is 0.355 e. The van der Waals surface area contributed by atoms with Crippen LogP contribution in [0.15, 0.2) is 24.3 Å². The zero-order valence-corrected chi connectivity index (χ0v) is 12.8. The monoisotopic (exact) mass is 288 g/mol. The van der Waals surface area contributed by atoms with Crippen molar-refractivity contribution in [3.05, 3.63) is 30.0 Å². The van der Waals surface area contributed by atoms with E-state index in [2.05, 4.69) is 11.9 Å². The molecule has 0 spiro atoms. The van der Waals surface area contributed by atoms with Crippen molar-refractivity contribution in [1.82, 2.24) is 4.98 Å². The minimum Gasteiger partial charge on any atom is -0.458 e. The number of benzene rings is 1. The van der Waals surface area contributed by atoms with Crippen LogP contribution in [-0.2, 0) is 4.74 Å². The Bertz CT molecular complexity index is 604. The molecule has 4 nitrogen and oxygen atoms in total. The number of carbonyl (C=O) groups excluding carboxylic acids is 1. The molecule has 0 aliphatic heterocycles. The van der Waals surface area contributed by atoms with E-state index in [-0.39, 0.29) is 12.1 Å². The Kier molecular flexibility index (Phi) is 5.26. The minimum absolute atomic E-state index is 0.0502. The highest BCUT2D eigenvalue weighted by atomic mass is 16.5. The van der Waals surface area contributed by atoms with Crippen molar-refractivity contribution >= 4 is 22.6 Å². The molecule has 1 heterocycles. The number of unbranched alkanes of at least 4 members (excludes halogenated alkanes) is 3. The second kappa shape index (κ2) is 7.16. The number of carbonyl (C=O) groups is 1. The molecule has 1 aromatic heterocycles. The van der Waals surface area contributed by atoms with Gasteiger partial charge in [0.2, 0.25) is 0 Å². The summed E-state index contributed by atoms with van der Waals surface area (Å²) >= 11 is 0. The minimum atomic E-state index is -0.298. The first-order valence-electron chi connectivity index (χ1n) is 7.69. The van der Waals surface area contributed by atoms with Crippen molar-refractivity contribution in [1.29, 1.82) is 0 Å². The first kappa shape index (κ1) is 15.4. The van der Waals surface area contributed by atoms with Gasteiger partial charge in [-0.15, -0.1) is 0 Å². The highest BCUT2D eigenvalue weighted by molar-refractivity contribution is 5.95. The summed E-state index contributed by atoms with van der Waals surface area (Å²) in [6.07, 6.45) is 5.62. The number of hydrogen-bond acceptors (Lipinski definition) is 3. The van der Waals surface area contributed by atoms with Crippen molar-refractivity contribution in [2.24, 2.45) is 0 Å². The molecular formula is C17H24N2O2. The summed E-state index contributed by atoms with van der Waals surface area (Å²) in [6, 6.07) is 7.31. The molecule has 2 rings (SSSR count). The molecule has 0 amide bonds. The lowest BCUT2D eigenvalue weighted by atomic mass is 10.1. The highest BCUT2D eigenvalue weighted by Crippen LogP contribution is 2.19. The van der Waals surface area contributed by atoms with Gasteiger partial charge in [0.25, 0.3) is 0 Å². The average Bonchev–Trinajstić information content (AvgIpc) is 2.86. The number of aromatic amines is 1. The number of esters is 1. The zero-order chi connectivity index (χ0) is 15.2. The van der Waals surface area contributed by atoms with Gasteiger partial charge in [0, 0.05) is 16.6 Å². The van der Waals surface area contributed by atoms with Crippen LogP contribution in [0.2, 0.25) is 0 Å². The molecule has 1 unspecified atom stereocenters. The lowest BCUT2D eigenvalue weighted by molar-refractivity contribution is 0.0313. The number of nitrogens with two attached hydrogens (primary N) is 1. The molecule has 3 N–H and O–H groups in total. The molecular weight excluding hydrogens is 264 g/mol. The van der Waals surface area contributed by atoms with Crippen LogP contribution >= 0.6 is 0 Å². The van der Waals surface area contributed by atoms with Gasteiger partial charge in [-0.25, -0.2) is 4.79 Å². The Labute approximate surface area is 125 Å². The summed E-state index contributed by atoms with van der Waals surface area (Å²) < 4.78 is 5.47. The van der Waals surface area contributed by atoms with E-state index in [1.54, 1.807) is 6.07 Å². The van der Waals surface area contributed by atoms with Gasteiger partial charge in [-0.2, -0.15) is 0 Å². The van der Waals surface area contributed by atoms with Crippen LogP contribution in [0.3, 0.4) is 0 Å². The fourth-order valence-corrected chi connectivity index (χ4v) is 2.42. The Hall–Kier alpha value is -1.97. The normalized spacial score (nSPS) is 12.5. The molecule has 0 saturated carbocycles. The van der Waals surface area contributed by atoms with E-state index in [4.69, 9.17) is 10.5 Å². The van der Waals surface area contributed by atoms with Gasteiger partial charge in [-0.1, -0.05) is 26.2 Å². The van der Waals surface area contributed by atoms with Gasteiger partial charge in [-0.05, 0) is 44.0 Å².